The van der Waals surface area contributed by atoms with E-state index in [0.717, 1.165) is 13.1 Å². The molecule has 0 saturated carbocycles. The van der Waals surface area contributed by atoms with Gasteiger partial charge in [-0.05, 0) is 13.3 Å². The molecule has 76 valence electrons. The topological polar surface area (TPSA) is 61.4 Å². The van der Waals surface area contributed by atoms with E-state index < -0.39 is 5.60 Å². The molecule has 0 bridgehead atoms. The minimum atomic E-state index is -0.771. The first-order valence-electron chi connectivity index (χ1n) is 4.76. The van der Waals surface area contributed by atoms with Crippen LogP contribution in [-0.2, 0) is 4.79 Å². The Kier molecular flexibility index (Phi) is 3.27. The van der Waals surface area contributed by atoms with Gasteiger partial charge in [0.2, 0.25) is 5.91 Å². The third-order valence-electron chi connectivity index (χ3n) is 2.56. The van der Waals surface area contributed by atoms with Crippen LogP contribution >= 0.6 is 0 Å². The quantitative estimate of drug-likeness (QED) is 0.554. The van der Waals surface area contributed by atoms with Crippen molar-refractivity contribution in [1.82, 2.24) is 10.6 Å². The predicted molar refractivity (Wildman–Crippen MR) is 50.3 cm³/mol. The molecule has 1 atom stereocenters. The van der Waals surface area contributed by atoms with E-state index >= 15 is 0 Å². The molecule has 1 rings (SSSR count). The van der Waals surface area contributed by atoms with Crippen molar-refractivity contribution >= 4 is 5.91 Å². The Hall–Kier alpha value is -0.610. The summed E-state index contributed by atoms with van der Waals surface area (Å²) < 4.78 is 0. The van der Waals surface area contributed by atoms with Crippen molar-refractivity contribution in [1.29, 1.82) is 0 Å². The van der Waals surface area contributed by atoms with Gasteiger partial charge in [-0.3, -0.25) is 4.79 Å². The first-order chi connectivity index (χ1) is 6.05. The summed E-state index contributed by atoms with van der Waals surface area (Å²) in [5, 5.41) is 15.4. The second kappa shape index (κ2) is 4.07. The standard InChI is InChI=1S/C9H18N2O2/c1-3-9(2,13)6-11-8(12)7-4-10-5-7/h7,10,13H,3-6H2,1-2H3,(H,11,12). The molecule has 0 aliphatic carbocycles. The van der Waals surface area contributed by atoms with Gasteiger partial charge in [-0.1, -0.05) is 6.92 Å². The molecule has 4 heteroatoms. The largest absolute Gasteiger partial charge is 0.388 e. The first-order valence-corrected chi connectivity index (χ1v) is 4.76. The minimum absolute atomic E-state index is 0.0486. The summed E-state index contributed by atoms with van der Waals surface area (Å²) in [6, 6.07) is 0. The number of hydrogen-bond acceptors (Lipinski definition) is 3. The van der Waals surface area contributed by atoms with Gasteiger partial charge in [0.15, 0.2) is 0 Å². The summed E-state index contributed by atoms with van der Waals surface area (Å²) in [7, 11) is 0. The van der Waals surface area contributed by atoms with Crippen LogP contribution in [0.4, 0.5) is 0 Å². The fraction of sp³-hybridized carbons (Fsp3) is 0.889. The number of rotatable bonds is 4. The summed E-state index contributed by atoms with van der Waals surface area (Å²) in [5.74, 6) is 0.153. The zero-order chi connectivity index (χ0) is 9.90. The summed E-state index contributed by atoms with van der Waals surface area (Å²) in [6.07, 6.45) is 0.649. The molecule has 1 aliphatic rings. The van der Waals surface area contributed by atoms with Crippen molar-refractivity contribution in [3.05, 3.63) is 0 Å². The van der Waals surface area contributed by atoms with Crippen LogP contribution in [0.25, 0.3) is 0 Å². The molecule has 1 aliphatic heterocycles. The molecule has 1 saturated heterocycles. The van der Waals surface area contributed by atoms with Gasteiger partial charge in [-0.2, -0.15) is 0 Å². The van der Waals surface area contributed by atoms with E-state index in [0.29, 0.717) is 13.0 Å². The average Bonchev–Trinajstić information content (AvgIpc) is 1.98. The highest BCUT2D eigenvalue weighted by molar-refractivity contribution is 5.80. The van der Waals surface area contributed by atoms with Gasteiger partial charge in [0.1, 0.15) is 0 Å². The lowest BCUT2D eigenvalue weighted by molar-refractivity contribution is -0.127. The van der Waals surface area contributed by atoms with Crippen LogP contribution in [0.15, 0.2) is 0 Å². The Morgan fingerprint density at radius 2 is 2.31 bits per heavy atom. The zero-order valence-electron chi connectivity index (χ0n) is 8.26. The molecule has 0 aromatic carbocycles. The molecule has 1 heterocycles. The van der Waals surface area contributed by atoms with E-state index in [9.17, 15) is 9.90 Å². The predicted octanol–water partition coefficient (Wildman–Crippen LogP) is -0.517. The molecule has 0 radical (unpaired) electrons. The molecule has 1 fully saturated rings. The van der Waals surface area contributed by atoms with Gasteiger partial charge in [0.25, 0.3) is 0 Å². The summed E-state index contributed by atoms with van der Waals surface area (Å²) in [4.78, 5) is 11.3. The van der Waals surface area contributed by atoms with Gasteiger partial charge < -0.3 is 15.7 Å². The number of hydrogen-bond donors (Lipinski definition) is 3. The molecule has 1 unspecified atom stereocenters. The van der Waals surface area contributed by atoms with Crippen LogP contribution in [0.2, 0.25) is 0 Å². The lowest BCUT2D eigenvalue weighted by Gasteiger charge is -2.28. The minimum Gasteiger partial charge on any atom is -0.388 e. The zero-order valence-corrected chi connectivity index (χ0v) is 8.26. The van der Waals surface area contributed by atoms with E-state index in [-0.39, 0.29) is 11.8 Å². The summed E-state index contributed by atoms with van der Waals surface area (Å²) in [5.41, 5.74) is -0.771. The number of carbonyl (C=O) groups is 1. The van der Waals surface area contributed by atoms with E-state index in [1.807, 2.05) is 6.92 Å². The average molecular weight is 186 g/mol. The molecule has 0 spiro atoms. The molecule has 1 amide bonds. The van der Waals surface area contributed by atoms with Gasteiger partial charge in [0, 0.05) is 19.6 Å². The Balaban J connectivity index is 2.21. The SMILES string of the molecule is CCC(C)(O)CNC(=O)C1CNC1. The van der Waals surface area contributed by atoms with Crippen molar-refractivity contribution in [2.75, 3.05) is 19.6 Å². The van der Waals surface area contributed by atoms with Crippen molar-refractivity contribution in [3.63, 3.8) is 0 Å². The molecule has 3 N–H and O–H groups in total. The van der Waals surface area contributed by atoms with Crippen molar-refractivity contribution in [2.45, 2.75) is 25.9 Å². The highest BCUT2D eigenvalue weighted by Crippen LogP contribution is 2.07. The van der Waals surface area contributed by atoms with Crippen LogP contribution in [-0.4, -0.2) is 36.2 Å². The maximum absolute atomic E-state index is 11.3. The van der Waals surface area contributed by atoms with Gasteiger partial charge in [0.05, 0.1) is 11.5 Å². The lowest BCUT2D eigenvalue weighted by atomic mass is 10.0. The first kappa shape index (κ1) is 10.5. The van der Waals surface area contributed by atoms with E-state index in [1.165, 1.54) is 0 Å². The van der Waals surface area contributed by atoms with E-state index in [2.05, 4.69) is 10.6 Å². The number of nitrogens with one attached hydrogen (secondary N) is 2. The third-order valence-corrected chi connectivity index (χ3v) is 2.56. The Morgan fingerprint density at radius 3 is 2.69 bits per heavy atom. The monoisotopic (exact) mass is 186 g/mol. The maximum Gasteiger partial charge on any atom is 0.225 e. The van der Waals surface area contributed by atoms with Gasteiger partial charge >= 0.3 is 0 Å². The summed E-state index contributed by atoms with van der Waals surface area (Å²) >= 11 is 0. The number of carbonyl (C=O) groups excluding carboxylic acids is 1. The van der Waals surface area contributed by atoms with Crippen molar-refractivity contribution in [3.8, 4) is 0 Å². The van der Waals surface area contributed by atoms with Crippen LogP contribution in [0.1, 0.15) is 20.3 Å². The molecule has 0 aromatic heterocycles. The van der Waals surface area contributed by atoms with Gasteiger partial charge in [-0.15, -0.1) is 0 Å². The smallest absolute Gasteiger partial charge is 0.225 e. The normalized spacial score (nSPS) is 21.8. The van der Waals surface area contributed by atoms with Crippen LogP contribution in [0.3, 0.4) is 0 Å². The molecule has 0 aromatic rings. The van der Waals surface area contributed by atoms with Crippen LogP contribution in [0, 0.1) is 5.92 Å². The van der Waals surface area contributed by atoms with Gasteiger partial charge in [-0.25, -0.2) is 0 Å². The molecule has 13 heavy (non-hydrogen) atoms. The molecule has 4 nitrogen and oxygen atoms in total. The second-order valence-electron chi connectivity index (χ2n) is 3.92. The molecular formula is C9H18N2O2. The number of aliphatic hydroxyl groups is 1. The highest BCUT2D eigenvalue weighted by Gasteiger charge is 2.26. The Morgan fingerprint density at radius 1 is 1.69 bits per heavy atom. The maximum atomic E-state index is 11.3. The van der Waals surface area contributed by atoms with E-state index in [4.69, 9.17) is 0 Å². The third kappa shape index (κ3) is 2.97. The lowest BCUT2D eigenvalue weighted by Crippen LogP contribution is -2.53. The van der Waals surface area contributed by atoms with Crippen LogP contribution < -0.4 is 10.6 Å². The fourth-order valence-electron chi connectivity index (χ4n) is 1.02. The van der Waals surface area contributed by atoms with Crippen molar-refractivity contribution < 1.29 is 9.90 Å². The van der Waals surface area contributed by atoms with Crippen molar-refractivity contribution in [2.24, 2.45) is 5.92 Å². The van der Waals surface area contributed by atoms with Crippen LogP contribution in [0.5, 0.6) is 0 Å². The Bertz CT molecular complexity index is 188. The summed E-state index contributed by atoms with van der Waals surface area (Å²) in [6.45, 7) is 5.50. The number of amides is 1. The fourth-order valence-corrected chi connectivity index (χ4v) is 1.02. The van der Waals surface area contributed by atoms with E-state index in [1.54, 1.807) is 6.92 Å². The molecular weight excluding hydrogens is 168 g/mol. The Labute approximate surface area is 78.7 Å². The highest BCUT2D eigenvalue weighted by atomic mass is 16.3. The second-order valence-corrected chi connectivity index (χ2v) is 3.92.